The lowest BCUT2D eigenvalue weighted by molar-refractivity contribution is 0.296. The lowest BCUT2D eigenvalue weighted by Crippen LogP contribution is -2.32. The minimum absolute atomic E-state index is 0.168. The molecule has 1 aromatic rings. The third-order valence-electron chi connectivity index (χ3n) is 3.59. The van der Waals surface area contributed by atoms with Crippen molar-refractivity contribution in [2.24, 2.45) is 0 Å². The average molecular weight is 297 g/mol. The maximum Gasteiger partial charge on any atom is 0.243 e. The van der Waals surface area contributed by atoms with Gasteiger partial charge in [-0.15, -0.1) is 0 Å². The van der Waals surface area contributed by atoms with Gasteiger partial charge in [-0.3, -0.25) is 0 Å². The van der Waals surface area contributed by atoms with Gasteiger partial charge in [-0.2, -0.15) is 4.31 Å². The van der Waals surface area contributed by atoms with Crippen LogP contribution in [-0.4, -0.2) is 38.5 Å². The van der Waals surface area contributed by atoms with Gasteiger partial charge in [0.1, 0.15) is 0 Å². The summed E-state index contributed by atoms with van der Waals surface area (Å²) in [5.74, 6) is 1.14. The Morgan fingerprint density at radius 3 is 2.55 bits per heavy atom. The third-order valence-corrected chi connectivity index (χ3v) is 5.61. The molecular formula is C14H19NO4S. The van der Waals surface area contributed by atoms with Crippen LogP contribution in [0.3, 0.4) is 0 Å². The first-order valence-electron chi connectivity index (χ1n) is 7.04. The Hall–Kier alpha value is -1.27. The Bertz CT molecular complexity index is 595. The number of nitrogens with zero attached hydrogens (tertiary/aromatic N) is 1. The van der Waals surface area contributed by atoms with Crippen molar-refractivity contribution in [3.63, 3.8) is 0 Å². The highest BCUT2D eigenvalue weighted by molar-refractivity contribution is 7.89. The quantitative estimate of drug-likeness (QED) is 0.853. The standard InChI is InChI=1S/C14H19NO4S/c1-2-15(11-4-5-11)20(16,17)12-6-7-13-14(10-12)19-9-3-8-18-13/h6-7,10-11H,2-5,8-9H2,1H3. The summed E-state index contributed by atoms with van der Waals surface area (Å²) in [7, 11) is -3.44. The first-order valence-corrected chi connectivity index (χ1v) is 8.48. The highest BCUT2D eigenvalue weighted by atomic mass is 32.2. The van der Waals surface area contributed by atoms with E-state index in [1.165, 1.54) is 0 Å². The van der Waals surface area contributed by atoms with Crippen LogP contribution in [0.2, 0.25) is 0 Å². The van der Waals surface area contributed by atoms with E-state index in [2.05, 4.69) is 0 Å². The van der Waals surface area contributed by atoms with Gasteiger partial charge in [0, 0.05) is 25.1 Å². The molecule has 0 unspecified atom stereocenters. The van der Waals surface area contributed by atoms with Gasteiger partial charge in [0.2, 0.25) is 10.0 Å². The van der Waals surface area contributed by atoms with E-state index in [1.54, 1.807) is 22.5 Å². The first-order chi connectivity index (χ1) is 9.63. The van der Waals surface area contributed by atoms with E-state index in [1.807, 2.05) is 6.92 Å². The fourth-order valence-electron chi connectivity index (χ4n) is 2.43. The van der Waals surface area contributed by atoms with Crippen LogP contribution in [0.4, 0.5) is 0 Å². The molecule has 2 aliphatic rings. The van der Waals surface area contributed by atoms with Gasteiger partial charge in [-0.25, -0.2) is 8.42 Å². The molecule has 20 heavy (non-hydrogen) atoms. The van der Waals surface area contributed by atoms with Gasteiger partial charge in [-0.05, 0) is 25.0 Å². The van der Waals surface area contributed by atoms with Crippen LogP contribution in [0, 0.1) is 0 Å². The van der Waals surface area contributed by atoms with Crippen molar-refractivity contribution in [1.29, 1.82) is 0 Å². The van der Waals surface area contributed by atoms with Crippen molar-refractivity contribution in [2.75, 3.05) is 19.8 Å². The van der Waals surface area contributed by atoms with E-state index in [9.17, 15) is 8.42 Å². The molecule has 0 N–H and O–H groups in total. The van der Waals surface area contributed by atoms with Crippen molar-refractivity contribution < 1.29 is 17.9 Å². The zero-order valence-corrected chi connectivity index (χ0v) is 12.4. The molecule has 1 saturated carbocycles. The topological polar surface area (TPSA) is 55.8 Å². The van der Waals surface area contributed by atoms with Crippen LogP contribution in [0.25, 0.3) is 0 Å². The van der Waals surface area contributed by atoms with Crippen molar-refractivity contribution in [1.82, 2.24) is 4.31 Å². The molecule has 0 saturated heterocycles. The smallest absolute Gasteiger partial charge is 0.243 e. The number of rotatable bonds is 4. The number of hydrogen-bond acceptors (Lipinski definition) is 4. The summed E-state index contributed by atoms with van der Waals surface area (Å²) in [6.07, 6.45) is 2.72. The van der Waals surface area contributed by atoms with Crippen LogP contribution in [0.1, 0.15) is 26.2 Å². The van der Waals surface area contributed by atoms with Crippen LogP contribution in [0.15, 0.2) is 23.1 Å². The molecule has 0 amide bonds. The number of fused-ring (bicyclic) bond motifs is 1. The van der Waals surface area contributed by atoms with Crippen LogP contribution in [0.5, 0.6) is 11.5 Å². The lowest BCUT2D eigenvalue weighted by atomic mass is 10.3. The van der Waals surface area contributed by atoms with E-state index in [0.29, 0.717) is 31.3 Å². The molecular weight excluding hydrogens is 278 g/mol. The summed E-state index contributed by atoms with van der Waals surface area (Å²) in [4.78, 5) is 0.288. The maximum atomic E-state index is 12.6. The molecule has 0 spiro atoms. The Morgan fingerprint density at radius 2 is 1.90 bits per heavy atom. The second-order valence-corrected chi connectivity index (χ2v) is 6.99. The molecule has 1 aliphatic heterocycles. The van der Waals surface area contributed by atoms with Gasteiger partial charge < -0.3 is 9.47 Å². The van der Waals surface area contributed by atoms with Crippen molar-refractivity contribution in [3.8, 4) is 11.5 Å². The molecule has 1 heterocycles. The highest BCUT2D eigenvalue weighted by Gasteiger charge is 2.37. The monoisotopic (exact) mass is 297 g/mol. The normalized spacial score (nSPS) is 18.9. The Labute approximate surface area is 119 Å². The highest BCUT2D eigenvalue weighted by Crippen LogP contribution is 2.36. The largest absolute Gasteiger partial charge is 0.490 e. The third kappa shape index (κ3) is 2.50. The van der Waals surface area contributed by atoms with Crippen LogP contribution < -0.4 is 9.47 Å². The summed E-state index contributed by atoms with van der Waals surface area (Å²) >= 11 is 0. The second-order valence-electron chi connectivity index (χ2n) is 5.10. The molecule has 0 atom stereocenters. The molecule has 110 valence electrons. The average Bonchev–Trinajstić information content (AvgIpc) is 3.24. The van der Waals surface area contributed by atoms with Gasteiger partial charge in [0.15, 0.2) is 11.5 Å². The van der Waals surface area contributed by atoms with Crippen LogP contribution >= 0.6 is 0 Å². The van der Waals surface area contributed by atoms with E-state index in [0.717, 1.165) is 19.3 Å². The van der Waals surface area contributed by atoms with E-state index in [4.69, 9.17) is 9.47 Å². The molecule has 1 fully saturated rings. The Balaban J connectivity index is 1.95. The van der Waals surface area contributed by atoms with Crippen molar-refractivity contribution >= 4 is 10.0 Å². The summed E-state index contributed by atoms with van der Waals surface area (Å²) in [5, 5.41) is 0. The fraction of sp³-hybridized carbons (Fsp3) is 0.571. The molecule has 1 aliphatic carbocycles. The van der Waals surface area contributed by atoms with Gasteiger partial charge in [-0.1, -0.05) is 6.92 Å². The van der Waals surface area contributed by atoms with Gasteiger partial charge in [0.05, 0.1) is 18.1 Å². The number of ether oxygens (including phenoxy) is 2. The molecule has 0 radical (unpaired) electrons. The molecule has 6 heteroatoms. The van der Waals surface area contributed by atoms with E-state index in [-0.39, 0.29) is 10.9 Å². The molecule has 1 aromatic carbocycles. The van der Waals surface area contributed by atoms with Crippen molar-refractivity contribution in [2.45, 2.75) is 37.1 Å². The summed E-state index contributed by atoms with van der Waals surface area (Å²) in [6.45, 7) is 3.53. The zero-order chi connectivity index (χ0) is 14.2. The van der Waals surface area contributed by atoms with E-state index < -0.39 is 10.0 Å². The predicted octanol–water partition coefficient (Wildman–Crippen LogP) is 2.02. The predicted molar refractivity (Wildman–Crippen MR) is 74.6 cm³/mol. The number of hydrogen-bond donors (Lipinski definition) is 0. The van der Waals surface area contributed by atoms with Crippen LogP contribution in [-0.2, 0) is 10.0 Å². The molecule has 3 rings (SSSR count). The first kappa shape index (κ1) is 13.7. The Morgan fingerprint density at radius 1 is 1.20 bits per heavy atom. The minimum atomic E-state index is -3.44. The van der Waals surface area contributed by atoms with Crippen molar-refractivity contribution in [3.05, 3.63) is 18.2 Å². The second kappa shape index (κ2) is 5.26. The number of benzene rings is 1. The zero-order valence-electron chi connectivity index (χ0n) is 11.5. The van der Waals surface area contributed by atoms with E-state index >= 15 is 0 Å². The van der Waals surface area contributed by atoms with Gasteiger partial charge in [0.25, 0.3) is 0 Å². The maximum absolute atomic E-state index is 12.6. The molecule has 5 nitrogen and oxygen atoms in total. The fourth-order valence-corrected chi connectivity index (χ4v) is 4.14. The Kier molecular flexibility index (Phi) is 3.60. The number of sulfonamides is 1. The molecule has 0 aromatic heterocycles. The SMILES string of the molecule is CCN(C1CC1)S(=O)(=O)c1ccc2c(c1)OCCCO2. The molecule has 0 bridgehead atoms. The summed E-state index contributed by atoms with van der Waals surface area (Å²) in [6, 6.07) is 5.05. The summed E-state index contributed by atoms with van der Waals surface area (Å²) in [5.41, 5.74) is 0. The minimum Gasteiger partial charge on any atom is -0.490 e. The summed E-state index contributed by atoms with van der Waals surface area (Å²) < 4.78 is 38.0. The lowest BCUT2D eigenvalue weighted by Gasteiger charge is -2.20. The van der Waals surface area contributed by atoms with Gasteiger partial charge >= 0.3 is 0 Å².